The van der Waals surface area contributed by atoms with Crippen molar-refractivity contribution in [2.75, 3.05) is 11.5 Å². The van der Waals surface area contributed by atoms with Crippen molar-refractivity contribution < 1.29 is 27.6 Å². The SMILES string of the molecule is N[C@@H]1CCS(=O)(=O)C[C@@H]1NCc1cccc2c1C(=O)N(C1CCC(=O)NC1=O)C2=O. The van der Waals surface area contributed by atoms with Gasteiger partial charge in [-0.25, -0.2) is 8.42 Å². The summed E-state index contributed by atoms with van der Waals surface area (Å²) in [5, 5.41) is 5.27. The van der Waals surface area contributed by atoms with Gasteiger partial charge < -0.3 is 11.1 Å². The fraction of sp³-hybridized carbons (Fsp3) is 0.474. The van der Waals surface area contributed by atoms with E-state index in [0.29, 0.717) is 12.0 Å². The van der Waals surface area contributed by atoms with Gasteiger partial charge >= 0.3 is 0 Å². The Balaban J connectivity index is 1.56. The number of carbonyl (C=O) groups excluding carboxylic acids is 4. The van der Waals surface area contributed by atoms with Gasteiger partial charge in [0, 0.05) is 25.0 Å². The summed E-state index contributed by atoms with van der Waals surface area (Å²) < 4.78 is 23.8. The molecule has 0 saturated carbocycles. The molecule has 1 aromatic rings. The standard InChI is InChI=1S/C19H22N4O6S/c20-12-6-7-30(28,29)9-13(12)21-8-10-2-1-3-11-16(10)19(27)23(18(11)26)14-4-5-15(24)22-17(14)25/h1-3,12-14,21H,4-9,20H2,(H,22,24,25)/t12-,13+,14?/m1/s1. The first-order valence-electron chi connectivity index (χ1n) is 9.71. The second-order valence-electron chi connectivity index (χ2n) is 7.84. The molecule has 30 heavy (non-hydrogen) atoms. The molecule has 2 saturated heterocycles. The summed E-state index contributed by atoms with van der Waals surface area (Å²) >= 11 is 0. The Labute approximate surface area is 173 Å². The van der Waals surface area contributed by atoms with E-state index in [1.54, 1.807) is 12.1 Å². The van der Waals surface area contributed by atoms with Crippen molar-refractivity contribution in [3.05, 3.63) is 34.9 Å². The van der Waals surface area contributed by atoms with Crippen LogP contribution in [-0.2, 0) is 26.0 Å². The van der Waals surface area contributed by atoms with E-state index in [-0.39, 0.29) is 48.1 Å². The van der Waals surface area contributed by atoms with Crippen LogP contribution in [0.4, 0.5) is 0 Å². The smallest absolute Gasteiger partial charge is 0.262 e. The third-order valence-electron chi connectivity index (χ3n) is 5.82. The fourth-order valence-corrected chi connectivity index (χ4v) is 5.89. The van der Waals surface area contributed by atoms with Crippen molar-refractivity contribution >= 4 is 33.5 Å². The number of nitrogens with zero attached hydrogens (tertiary/aromatic N) is 1. The van der Waals surface area contributed by atoms with Crippen LogP contribution in [0.2, 0.25) is 0 Å². The first-order valence-corrected chi connectivity index (χ1v) is 11.5. The van der Waals surface area contributed by atoms with Crippen LogP contribution in [0, 0.1) is 0 Å². The second kappa shape index (κ2) is 7.56. The van der Waals surface area contributed by atoms with Gasteiger partial charge in [-0.15, -0.1) is 0 Å². The van der Waals surface area contributed by atoms with Gasteiger partial charge in [0.25, 0.3) is 11.8 Å². The van der Waals surface area contributed by atoms with E-state index in [9.17, 15) is 27.6 Å². The summed E-state index contributed by atoms with van der Waals surface area (Å²) in [5.74, 6) is -2.31. The van der Waals surface area contributed by atoms with E-state index in [0.717, 1.165) is 4.90 Å². The number of fused-ring (bicyclic) bond motifs is 1. The van der Waals surface area contributed by atoms with Gasteiger partial charge in [0.15, 0.2) is 9.84 Å². The highest BCUT2D eigenvalue weighted by atomic mass is 32.2. The molecule has 0 aliphatic carbocycles. The van der Waals surface area contributed by atoms with Crippen LogP contribution >= 0.6 is 0 Å². The Morgan fingerprint density at radius 3 is 2.63 bits per heavy atom. The largest absolute Gasteiger partial charge is 0.326 e. The third-order valence-corrected chi connectivity index (χ3v) is 7.55. The van der Waals surface area contributed by atoms with Crippen LogP contribution in [0.3, 0.4) is 0 Å². The first kappa shape index (κ1) is 20.6. The number of nitrogens with two attached hydrogens (primary N) is 1. The number of hydrogen-bond donors (Lipinski definition) is 3. The Kier molecular flexibility index (Phi) is 5.20. The van der Waals surface area contributed by atoms with Gasteiger partial charge in [0.05, 0.1) is 22.6 Å². The summed E-state index contributed by atoms with van der Waals surface area (Å²) in [7, 11) is -3.18. The predicted molar refractivity (Wildman–Crippen MR) is 105 cm³/mol. The molecule has 2 fully saturated rings. The number of hydrogen-bond acceptors (Lipinski definition) is 8. The van der Waals surface area contributed by atoms with Crippen LogP contribution in [0.25, 0.3) is 0 Å². The molecule has 3 aliphatic rings. The highest BCUT2D eigenvalue weighted by Gasteiger charge is 2.45. The molecule has 1 aromatic carbocycles. The molecule has 1 unspecified atom stereocenters. The molecule has 4 amide bonds. The number of imide groups is 2. The number of nitrogens with one attached hydrogen (secondary N) is 2. The maximum atomic E-state index is 13.1. The molecule has 4 rings (SSSR count). The van der Waals surface area contributed by atoms with Crippen LogP contribution in [-0.4, -0.2) is 66.6 Å². The van der Waals surface area contributed by atoms with Crippen LogP contribution in [0.15, 0.2) is 18.2 Å². The molecule has 3 atom stereocenters. The highest BCUT2D eigenvalue weighted by molar-refractivity contribution is 7.91. The number of rotatable bonds is 4. The zero-order valence-electron chi connectivity index (χ0n) is 16.1. The van der Waals surface area contributed by atoms with Crippen molar-refractivity contribution in [3.63, 3.8) is 0 Å². The molecule has 4 N–H and O–H groups in total. The lowest BCUT2D eigenvalue weighted by Crippen LogP contribution is -2.54. The van der Waals surface area contributed by atoms with Gasteiger partial charge in [0.2, 0.25) is 11.8 Å². The normalized spacial score (nSPS) is 28.4. The number of benzene rings is 1. The number of carbonyl (C=O) groups is 4. The van der Waals surface area contributed by atoms with E-state index < -0.39 is 45.5 Å². The average molecular weight is 434 g/mol. The lowest BCUT2D eigenvalue weighted by molar-refractivity contribution is -0.136. The Bertz CT molecular complexity index is 1050. The van der Waals surface area contributed by atoms with Crippen LogP contribution in [0.1, 0.15) is 45.5 Å². The average Bonchev–Trinajstić information content (AvgIpc) is 2.94. The summed E-state index contributed by atoms with van der Waals surface area (Å²) in [6, 6.07) is 3.00. The molecule has 160 valence electrons. The predicted octanol–water partition coefficient (Wildman–Crippen LogP) is -1.31. The monoisotopic (exact) mass is 434 g/mol. The molecule has 0 aromatic heterocycles. The van der Waals surface area contributed by atoms with E-state index in [4.69, 9.17) is 5.73 Å². The minimum atomic E-state index is -3.18. The topological polar surface area (TPSA) is 156 Å². The molecule has 0 radical (unpaired) electrons. The summed E-state index contributed by atoms with van der Waals surface area (Å²) in [5.41, 5.74) is 6.94. The molecule has 0 bridgehead atoms. The number of sulfone groups is 1. The van der Waals surface area contributed by atoms with Crippen LogP contribution < -0.4 is 16.4 Å². The van der Waals surface area contributed by atoms with Gasteiger partial charge in [0.1, 0.15) is 6.04 Å². The van der Waals surface area contributed by atoms with Crippen molar-refractivity contribution in [1.82, 2.24) is 15.5 Å². The highest BCUT2D eigenvalue weighted by Crippen LogP contribution is 2.30. The molecule has 10 nitrogen and oxygen atoms in total. The minimum Gasteiger partial charge on any atom is -0.326 e. The Hall–Kier alpha value is -2.63. The van der Waals surface area contributed by atoms with E-state index in [2.05, 4.69) is 10.6 Å². The summed E-state index contributed by atoms with van der Waals surface area (Å²) in [6.07, 6.45) is 0.484. The molecular weight excluding hydrogens is 412 g/mol. The number of amides is 4. The van der Waals surface area contributed by atoms with Gasteiger partial charge in [-0.05, 0) is 24.5 Å². The summed E-state index contributed by atoms with van der Waals surface area (Å²) in [6.45, 7) is 0.152. The van der Waals surface area contributed by atoms with E-state index >= 15 is 0 Å². The van der Waals surface area contributed by atoms with Gasteiger partial charge in [-0.2, -0.15) is 0 Å². The second-order valence-corrected chi connectivity index (χ2v) is 10.1. The molecule has 3 heterocycles. The number of piperidine rings is 1. The maximum absolute atomic E-state index is 13.1. The van der Waals surface area contributed by atoms with E-state index in [1.807, 2.05) is 0 Å². The Morgan fingerprint density at radius 2 is 1.90 bits per heavy atom. The zero-order chi connectivity index (χ0) is 21.6. The van der Waals surface area contributed by atoms with Crippen molar-refractivity contribution in [1.29, 1.82) is 0 Å². The minimum absolute atomic E-state index is 0.0479. The van der Waals surface area contributed by atoms with Gasteiger partial charge in [-0.3, -0.25) is 29.4 Å². The first-order chi connectivity index (χ1) is 14.2. The van der Waals surface area contributed by atoms with Gasteiger partial charge in [-0.1, -0.05) is 12.1 Å². The van der Waals surface area contributed by atoms with Crippen molar-refractivity contribution in [2.24, 2.45) is 5.73 Å². The Morgan fingerprint density at radius 1 is 1.13 bits per heavy atom. The quantitative estimate of drug-likeness (QED) is 0.493. The molecular formula is C19H22N4O6S. The molecule has 3 aliphatic heterocycles. The van der Waals surface area contributed by atoms with Crippen molar-refractivity contribution in [2.45, 2.75) is 43.9 Å². The lowest BCUT2D eigenvalue weighted by Gasteiger charge is -2.29. The fourth-order valence-electron chi connectivity index (χ4n) is 4.18. The third kappa shape index (κ3) is 3.64. The lowest BCUT2D eigenvalue weighted by atomic mass is 10.0. The summed E-state index contributed by atoms with van der Waals surface area (Å²) in [4.78, 5) is 50.4. The maximum Gasteiger partial charge on any atom is 0.262 e. The molecule has 11 heteroatoms. The van der Waals surface area contributed by atoms with Crippen LogP contribution in [0.5, 0.6) is 0 Å². The molecule has 0 spiro atoms. The van der Waals surface area contributed by atoms with Crippen molar-refractivity contribution in [3.8, 4) is 0 Å². The van der Waals surface area contributed by atoms with E-state index in [1.165, 1.54) is 6.07 Å². The zero-order valence-corrected chi connectivity index (χ0v) is 16.9.